The molecule has 0 N–H and O–H groups in total. The highest BCUT2D eigenvalue weighted by Gasteiger charge is 2.40. The van der Waals surface area contributed by atoms with Gasteiger partial charge in [-0.05, 0) is 87.8 Å². The van der Waals surface area contributed by atoms with E-state index in [4.69, 9.17) is 9.47 Å². The van der Waals surface area contributed by atoms with Crippen LogP contribution in [0.5, 0.6) is 23.0 Å². The Kier molecular flexibility index (Phi) is 6.82. The lowest BCUT2D eigenvalue weighted by Gasteiger charge is -2.34. The Morgan fingerprint density at radius 3 is 1.57 bits per heavy atom. The second-order valence-corrected chi connectivity index (χ2v) is 14.8. The molecule has 5 heteroatoms. The molecule has 2 aliphatic heterocycles. The quantitative estimate of drug-likeness (QED) is 0.167. The van der Waals surface area contributed by atoms with Gasteiger partial charge in [0.2, 0.25) is 0 Å². The van der Waals surface area contributed by atoms with Crippen LogP contribution in [0.25, 0.3) is 42.4 Å². The van der Waals surface area contributed by atoms with E-state index in [0.717, 1.165) is 51.0 Å². The number of hydrogen-bond acceptors (Lipinski definition) is 4. The number of thiophene rings is 1. The third kappa shape index (κ3) is 4.96. The zero-order chi connectivity index (χ0) is 34.9. The van der Waals surface area contributed by atoms with Crippen LogP contribution in [0.3, 0.4) is 0 Å². The summed E-state index contributed by atoms with van der Waals surface area (Å²) in [6.45, 7) is -0.0189. The maximum absolute atomic E-state index is 6.79. The zero-order valence-electron chi connectivity index (χ0n) is 28.6. The summed E-state index contributed by atoms with van der Waals surface area (Å²) in [5.41, 5.74) is 11.3. The molecule has 0 spiro atoms. The molecular weight excluding hydrogens is 665 g/mol. The summed E-state index contributed by atoms with van der Waals surface area (Å²) in [5, 5.41) is 2.55. The normalized spacial score (nSPS) is 12.4. The van der Waals surface area contributed by atoms with Gasteiger partial charge in [0.05, 0.1) is 0 Å². The minimum atomic E-state index is -0.0189. The third-order valence-electron chi connectivity index (χ3n) is 10.6. The first kappa shape index (κ1) is 30.1. The van der Waals surface area contributed by atoms with Gasteiger partial charge in [0, 0.05) is 48.8 Å². The molecule has 9 aromatic rings. The predicted octanol–water partition coefficient (Wildman–Crippen LogP) is 11.6. The number of nitrogens with zero attached hydrogens (tertiary/aromatic N) is 1. The summed E-state index contributed by atoms with van der Waals surface area (Å²) in [6, 6.07) is 64.8. The van der Waals surface area contributed by atoms with Gasteiger partial charge in [0.15, 0.2) is 0 Å². The van der Waals surface area contributed by atoms with E-state index < -0.39 is 0 Å². The van der Waals surface area contributed by atoms with E-state index in [1.54, 1.807) is 0 Å². The van der Waals surface area contributed by atoms with Gasteiger partial charge in [-0.3, -0.25) is 0 Å². The van der Waals surface area contributed by atoms with Crippen molar-refractivity contribution in [3.05, 3.63) is 182 Å². The fourth-order valence-corrected chi connectivity index (χ4v) is 9.20. The Bertz CT molecular complexity index is 2750. The van der Waals surface area contributed by atoms with E-state index in [9.17, 15) is 0 Å². The highest BCUT2D eigenvalue weighted by atomic mass is 32.1. The minimum absolute atomic E-state index is 0.0189. The molecule has 11 rings (SSSR count). The first-order chi connectivity index (χ1) is 26.2. The van der Waals surface area contributed by atoms with Crippen LogP contribution in [0.1, 0.15) is 0 Å². The highest BCUT2D eigenvalue weighted by molar-refractivity contribution is 7.25. The van der Waals surface area contributed by atoms with E-state index in [2.05, 4.69) is 181 Å². The molecule has 0 aliphatic carbocycles. The van der Waals surface area contributed by atoms with Crippen molar-refractivity contribution in [1.29, 1.82) is 0 Å². The molecule has 3 nitrogen and oxygen atoms in total. The number of fused-ring (bicyclic) bond motifs is 7. The molecule has 1 aromatic heterocycles. The summed E-state index contributed by atoms with van der Waals surface area (Å²) in [4.78, 5) is 2.32. The summed E-state index contributed by atoms with van der Waals surface area (Å²) >= 11 is 1.82. The maximum Gasteiger partial charge on any atom is 0.260 e. The molecule has 0 amide bonds. The molecule has 8 aromatic carbocycles. The fraction of sp³-hybridized carbons (Fsp3) is 0. The molecule has 0 radical (unpaired) electrons. The van der Waals surface area contributed by atoms with Crippen molar-refractivity contribution in [2.45, 2.75) is 0 Å². The van der Waals surface area contributed by atoms with Crippen LogP contribution >= 0.6 is 11.3 Å². The van der Waals surface area contributed by atoms with E-state index in [1.165, 1.54) is 47.9 Å². The average molecular weight is 696 g/mol. The number of rotatable bonds is 5. The third-order valence-corrected chi connectivity index (χ3v) is 11.7. The second-order valence-electron chi connectivity index (χ2n) is 13.7. The summed E-state index contributed by atoms with van der Waals surface area (Å²) in [7, 11) is 0. The van der Waals surface area contributed by atoms with Gasteiger partial charge in [0.1, 0.15) is 23.0 Å². The van der Waals surface area contributed by atoms with Crippen molar-refractivity contribution in [3.63, 3.8) is 0 Å². The molecule has 3 heterocycles. The van der Waals surface area contributed by atoms with Crippen LogP contribution in [0, 0.1) is 0 Å². The number of anilines is 3. The highest BCUT2D eigenvalue weighted by Crippen LogP contribution is 2.42. The Morgan fingerprint density at radius 2 is 0.925 bits per heavy atom. The molecule has 0 fully saturated rings. The summed E-state index contributed by atoms with van der Waals surface area (Å²) in [5.74, 6) is 3.46. The molecule has 0 bridgehead atoms. The molecule has 53 heavy (non-hydrogen) atoms. The van der Waals surface area contributed by atoms with E-state index in [0.29, 0.717) is 0 Å². The van der Waals surface area contributed by atoms with Gasteiger partial charge in [-0.2, -0.15) is 0 Å². The fourth-order valence-electron chi connectivity index (χ4n) is 8.09. The summed E-state index contributed by atoms with van der Waals surface area (Å²) in [6.07, 6.45) is 0. The molecule has 248 valence electrons. The standard InChI is InChI=1S/C48H30BNO2S/c1-3-10-31(11-4-1)33-18-22-35(23-19-33)50(36-24-20-34(21-25-36)32-12-5-2-6-13-32)37-26-27-40-44(28-37)51-42-15-9-16-43-48(42)49(40)41-29-39-38-14-7-8-17-46(38)53-47(39)30-45(41)52-43/h1-30H. The number of ether oxygens (including phenoxy) is 2. The molecule has 0 saturated carbocycles. The number of hydrogen-bond donors (Lipinski definition) is 0. The monoisotopic (exact) mass is 695 g/mol. The van der Waals surface area contributed by atoms with Crippen molar-refractivity contribution in [2.24, 2.45) is 0 Å². The first-order valence-corrected chi connectivity index (χ1v) is 18.8. The second kappa shape index (κ2) is 12.0. The van der Waals surface area contributed by atoms with Crippen molar-refractivity contribution < 1.29 is 9.47 Å². The van der Waals surface area contributed by atoms with Gasteiger partial charge in [-0.1, -0.05) is 121 Å². The van der Waals surface area contributed by atoms with Gasteiger partial charge in [-0.25, -0.2) is 0 Å². The Hall–Kier alpha value is -6.56. The first-order valence-electron chi connectivity index (χ1n) is 17.9. The van der Waals surface area contributed by atoms with Crippen LogP contribution in [0.4, 0.5) is 17.1 Å². The van der Waals surface area contributed by atoms with Crippen LogP contribution in [0.2, 0.25) is 0 Å². The topological polar surface area (TPSA) is 21.7 Å². The van der Waals surface area contributed by atoms with Crippen molar-refractivity contribution >= 4 is 71.7 Å². The zero-order valence-corrected chi connectivity index (χ0v) is 29.4. The van der Waals surface area contributed by atoms with Crippen LogP contribution in [-0.2, 0) is 0 Å². The molecule has 0 atom stereocenters. The Morgan fingerprint density at radius 1 is 0.377 bits per heavy atom. The van der Waals surface area contributed by atoms with Gasteiger partial charge in [-0.15, -0.1) is 11.3 Å². The van der Waals surface area contributed by atoms with Gasteiger partial charge < -0.3 is 14.4 Å². The van der Waals surface area contributed by atoms with Crippen molar-refractivity contribution in [2.75, 3.05) is 4.90 Å². The van der Waals surface area contributed by atoms with E-state index in [1.807, 2.05) is 17.4 Å². The van der Waals surface area contributed by atoms with Gasteiger partial charge >= 0.3 is 0 Å². The Balaban J connectivity index is 1.05. The van der Waals surface area contributed by atoms with Crippen LogP contribution in [-0.4, -0.2) is 6.71 Å². The average Bonchev–Trinajstić information content (AvgIpc) is 3.58. The predicted molar refractivity (Wildman–Crippen MR) is 223 cm³/mol. The summed E-state index contributed by atoms with van der Waals surface area (Å²) < 4.78 is 15.9. The molecular formula is C48H30BNO2S. The minimum Gasteiger partial charge on any atom is -0.458 e. The van der Waals surface area contributed by atoms with Crippen molar-refractivity contribution in [1.82, 2.24) is 0 Å². The Labute approximate surface area is 312 Å². The molecule has 2 aliphatic rings. The number of benzene rings is 8. The molecule has 0 saturated heterocycles. The lowest BCUT2D eigenvalue weighted by molar-refractivity contribution is 0.465. The van der Waals surface area contributed by atoms with Crippen LogP contribution < -0.4 is 30.8 Å². The smallest absolute Gasteiger partial charge is 0.260 e. The molecule has 0 unspecified atom stereocenters. The van der Waals surface area contributed by atoms with E-state index >= 15 is 0 Å². The lowest BCUT2D eigenvalue weighted by atomic mass is 9.35. The largest absolute Gasteiger partial charge is 0.458 e. The van der Waals surface area contributed by atoms with Crippen LogP contribution in [0.15, 0.2) is 182 Å². The maximum atomic E-state index is 6.79. The van der Waals surface area contributed by atoms with E-state index in [-0.39, 0.29) is 6.71 Å². The SMILES string of the molecule is c1ccc(-c2ccc(N(c3ccc(-c4ccccc4)cc3)c3ccc4c(c3)Oc3cccc5c3B4c3cc4c(cc3O5)sc3ccccc34)cc2)cc1. The lowest BCUT2D eigenvalue weighted by Crippen LogP contribution is -2.57. The van der Waals surface area contributed by atoms with Gasteiger partial charge in [0.25, 0.3) is 6.71 Å². The van der Waals surface area contributed by atoms with Crippen molar-refractivity contribution in [3.8, 4) is 45.3 Å².